The number of H-pyrrole nitrogens is 1. The lowest BCUT2D eigenvalue weighted by Gasteiger charge is -2.24. The van der Waals surface area contributed by atoms with E-state index in [-0.39, 0.29) is 11.8 Å². The molecule has 0 unspecified atom stereocenters. The van der Waals surface area contributed by atoms with E-state index < -0.39 is 0 Å². The Morgan fingerprint density at radius 3 is 2.74 bits per heavy atom. The number of rotatable bonds is 7. The summed E-state index contributed by atoms with van der Waals surface area (Å²) in [4.78, 5) is 18.9. The van der Waals surface area contributed by atoms with Crippen LogP contribution in [0.3, 0.4) is 0 Å². The molecule has 2 aromatic carbocycles. The van der Waals surface area contributed by atoms with Gasteiger partial charge >= 0.3 is 6.03 Å². The average Bonchev–Trinajstić information content (AvgIpc) is 3.35. The lowest BCUT2D eigenvalue weighted by atomic mass is 10.1. The first-order valence-electron chi connectivity index (χ1n) is 10.2. The number of aryl methyl sites for hydroxylation is 3. The molecular weight excluding hydrogens is 395 g/mol. The van der Waals surface area contributed by atoms with E-state index in [9.17, 15) is 9.18 Å². The first kappa shape index (κ1) is 20.6. The topological polar surface area (TPSA) is 78.8 Å². The molecule has 0 aliphatic heterocycles. The number of aromatic nitrogens is 4. The number of amides is 2. The molecule has 0 bridgehead atoms. The van der Waals surface area contributed by atoms with Gasteiger partial charge in [0.2, 0.25) is 0 Å². The molecule has 0 aliphatic rings. The normalized spacial score (nSPS) is 11.1. The van der Waals surface area contributed by atoms with Crippen LogP contribution in [0.25, 0.3) is 10.9 Å². The van der Waals surface area contributed by atoms with Gasteiger partial charge in [-0.25, -0.2) is 14.2 Å². The van der Waals surface area contributed by atoms with E-state index in [1.54, 1.807) is 23.4 Å². The van der Waals surface area contributed by atoms with Crippen molar-refractivity contribution in [2.45, 2.75) is 33.4 Å². The summed E-state index contributed by atoms with van der Waals surface area (Å²) in [5.41, 5.74) is 4.47. The van der Waals surface area contributed by atoms with E-state index in [0.717, 1.165) is 46.5 Å². The highest BCUT2D eigenvalue weighted by atomic mass is 19.1. The number of halogens is 1. The van der Waals surface area contributed by atoms with Crippen molar-refractivity contribution >= 4 is 22.6 Å². The summed E-state index contributed by atoms with van der Waals surface area (Å²) in [6, 6.07) is 11.7. The summed E-state index contributed by atoms with van der Waals surface area (Å²) in [5.74, 6) is -0.301. The number of aromatic amines is 1. The Morgan fingerprint density at radius 2 is 2.00 bits per heavy atom. The molecule has 2 heterocycles. The highest BCUT2D eigenvalue weighted by molar-refractivity contribution is 5.95. The van der Waals surface area contributed by atoms with Gasteiger partial charge in [-0.05, 0) is 56.2 Å². The van der Waals surface area contributed by atoms with Crippen LogP contribution in [0.15, 0.2) is 55.0 Å². The van der Waals surface area contributed by atoms with E-state index in [4.69, 9.17) is 0 Å². The number of fused-ring (bicyclic) bond motifs is 1. The lowest BCUT2D eigenvalue weighted by molar-refractivity contribution is 0.245. The quantitative estimate of drug-likeness (QED) is 0.437. The van der Waals surface area contributed by atoms with Crippen LogP contribution in [0.4, 0.5) is 14.9 Å². The number of hydrogen-bond acceptors (Lipinski definition) is 3. The molecule has 0 aliphatic carbocycles. The van der Waals surface area contributed by atoms with E-state index in [0.29, 0.717) is 13.1 Å². The number of carbonyl (C=O) groups excluding carboxylic acids is 1. The van der Waals surface area contributed by atoms with Crippen molar-refractivity contribution in [3.63, 3.8) is 0 Å². The molecule has 0 saturated carbocycles. The van der Waals surface area contributed by atoms with E-state index in [2.05, 4.69) is 25.1 Å². The monoisotopic (exact) mass is 420 g/mol. The van der Waals surface area contributed by atoms with Crippen molar-refractivity contribution in [3.05, 3.63) is 77.8 Å². The summed E-state index contributed by atoms with van der Waals surface area (Å²) in [7, 11) is 0. The lowest BCUT2D eigenvalue weighted by Crippen LogP contribution is -2.40. The predicted molar refractivity (Wildman–Crippen MR) is 118 cm³/mol. The number of hydrogen-bond donors (Lipinski definition) is 2. The minimum absolute atomic E-state index is 0.202. The SMILES string of the molecule is Cc1[nH]nc2ccc(N(Cc3ccc(F)cc3)C(=O)NCCCn3cncc3C)cc12. The van der Waals surface area contributed by atoms with Gasteiger partial charge in [0, 0.05) is 41.7 Å². The zero-order valence-electron chi connectivity index (χ0n) is 17.6. The molecule has 2 N–H and O–H groups in total. The van der Waals surface area contributed by atoms with Crippen molar-refractivity contribution < 1.29 is 9.18 Å². The predicted octanol–water partition coefficient (Wildman–Crippen LogP) is 4.32. The smallest absolute Gasteiger partial charge is 0.322 e. The van der Waals surface area contributed by atoms with Crippen LogP contribution in [0.1, 0.15) is 23.4 Å². The van der Waals surface area contributed by atoms with E-state index >= 15 is 0 Å². The molecule has 0 saturated heterocycles. The number of imidazole rings is 1. The van der Waals surface area contributed by atoms with Crippen LogP contribution < -0.4 is 10.2 Å². The third-order valence-electron chi connectivity index (χ3n) is 5.31. The Balaban J connectivity index is 1.50. The fourth-order valence-corrected chi connectivity index (χ4v) is 3.51. The molecule has 0 fully saturated rings. The van der Waals surface area contributed by atoms with Gasteiger partial charge in [0.05, 0.1) is 18.4 Å². The average molecular weight is 420 g/mol. The Kier molecular flexibility index (Phi) is 5.97. The third kappa shape index (κ3) is 4.74. The Morgan fingerprint density at radius 1 is 1.19 bits per heavy atom. The number of benzene rings is 2. The standard InChI is InChI=1S/C23H25FN6O/c1-16-13-25-15-29(16)11-3-10-26-23(31)30(14-18-4-6-19(24)7-5-18)20-8-9-22-21(12-20)17(2)27-28-22/h4-9,12-13,15H,3,10-11,14H2,1-2H3,(H,26,31)(H,27,28). The summed E-state index contributed by atoms with van der Waals surface area (Å²) in [5, 5.41) is 11.2. The third-order valence-corrected chi connectivity index (χ3v) is 5.31. The van der Waals surface area contributed by atoms with E-state index in [1.807, 2.05) is 38.2 Å². The fourth-order valence-electron chi connectivity index (χ4n) is 3.51. The molecular formula is C23H25FN6O. The van der Waals surface area contributed by atoms with Gasteiger partial charge in [-0.3, -0.25) is 10.00 Å². The summed E-state index contributed by atoms with van der Waals surface area (Å²) in [6.45, 7) is 5.59. The Hall–Kier alpha value is -3.68. The molecule has 2 aromatic heterocycles. The maximum absolute atomic E-state index is 13.3. The van der Waals surface area contributed by atoms with Crippen LogP contribution in [0.2, 0.25) is 0 Å². The summed E-state index contributed by atoms with van der Waals surface area (Å²) < 4.78 is 15.4. The molecule has 0 radical (unpaired) electrons. The van der Waals surface area contributed by atoms with Gasteiger partial charge in [0.1, 0.15) is 5.82 Å². The highest BCUT2D eigenvalue weighted by Crippen LogP contribution is 2.24. The van der Waals surface area contributed by atoms with Gasteiger partial charge < -0.3 is 9.88 Å². The summed E-state index contributed by atoms with van der Waals surface area (Å²) in [6.07, 6.45) is 4.39. The van der Waals surface area contributed by atoms with Crippen LogP contribution in [-0.2, 0) is 13.1 Å². The minimum Gasteiger partial charge on any atom is -0.338 e. The second-order valence-electron chi connectivity index (χ2n) is 7.58. The molecule has 8 heteroatoms. The first-order chi connectivity index (χ1) is 15.0. The Labute approximate surface area is 179 Å². The minimum atomic E-state index is -0.301. The van der Waals surface area contributed by atoms with Crippen molar-refractivity contribution in [1.82, 2.24) is 25.1 Å². The molecule has 4 rings (SSSR count). The molecule has 2 amide bonds. The van der Waals surface area contributed by atoms with Gasteiger partial charge in [0.25, 0.3) is 0 Å². The zero-order valence-corrected chi connectivity index (χ0v) is 17.6. The van der Waals surface area contributed by atoms with Gasteiger partial charge in [-0.2, -0.15) is 5.10 Å². The number of nitrogens with one attached hydrogen (secondary N) is 2. The zero-order chi connectivity index (χ0) is 21.8. The Bertz CT molecular complexity index is 1180. The molecule has 7 nitrogen and oxygen atoms in total. The van der Waals surface area contributed by atoms with Crippen LogP contribution in [-0.4, -0.2) is 32.3 Å². The van der Waals surface area contributed by atoms with E-state index in [1.165, 1.54) is 12.1 Å². The maximum atomic E-state index is 13.3. The number of anilines is 1. The van der Waals surface area contributed by atoms with Gasteiger partial charge in [-0.15, -0.1) is 0 Å². The van der Waals surface area contributed by atoms with Crippen molar-refractivity contribution in [2.24, 2.45) is 0 Å². The van der Waals surface area contributed by atoms with Crippen LogP contribution in [0.5, 0.6) is 0 Å². The molecule has 0 spiro atoms. The first-order valence-corrected chi connectivity index (χ1v) is 10.2. The maximum Gasteiger partial charge on any atom is 0.322 e. The summed E-state index contributed by atoms with van der Waals surface area (Å²) >= 11 is 0. The fraction of sp³-hybridized carbons (Fsp3) is 0.261. The second kappa shape index (κ2) is 8.99. The molecule has 160 valence electrons. The number of carbonyl (C=O) groups is 1. The largest absolute Gasteiger partial charge is 0.338 e. The van der Waals surface area contributed by atoms with Gasteiger partial charge in [0.15, 0.2) is 0 Å². The van der Waals surface area contributed by atoms with Gasteiger partial charge in [-0.1, -0.05) is 12.1 Å². The highest BCUT2D eigenvalue weighted by Gasteiger charge is 2.17. The molecule has 31 heavy (non-hydrogen) atoms. The number of urea groups is 1. The van der Waals surface area contributed by atoms with Crippen LogP contribution >= 0.6 is 0 Å². The van der Waals surface area contributed by atoms with Crippen molar-refractivity contribution in [2.75, 3.05) is 11.4 Å². The van der Waals surface area contributed by atoms with Crippen molar-refractivity contribution in [1.29, 1.82) is 0 Å². The van der Waals surface area contributed by atoms with Crippen molar-refractivity contribution in [3.8, 4) is 0 Å². The van der Waals surface area contributed by atoms with Crippen LogP contribution in [0, 0.1) is 19.7 Å². The second-order valence-corrected chi connectivity index (χ2v) is 7.58. The number of nitrogens with zero attached hydrogens (tertiary/aromatic N) is 4. The molecule has 4 aromatic rings. The molecule has 0 atom stereocenters.